The molecule has 0 aliphatic rings. The number of aryl methyl sites for hydroxylation is 2. The van der Waals surface area contributed by atoms with Crippen LogP contribution in [0.3, 0.4) is 0 Å². The van der Waals surface area contributed by atoms with Crippen LogP contribution in [-0.4, -0.2) is 25.7 Å². The van der Waals surface area contributed by atoms with E-state index in [1.165, 1.54) is 6.07 Å². The lowest BCUT2D eigenvalue weighted by Gasteiger charge is -2.13. The van der Waals surface area contributed by atoms with Crippen LogP contribution in [0.25, 0.3) is 0 Å². The van der Waals surface area contributed by atoms with Crippen molar-refractivity contribution in [2.24, 2.45) is 5.92 Å². The second kappa shape index (κ2) is 6.41. The van der Waals surface area contributed by atoms with E-state index >= 15 is 0 Å². The average Bonchev–Trinajstić information content (AvgIpc) is 2.24. The summed E-state index contributed by atoms with van der Waals surface area (Å²) in [6.45, 7) is 5.22. The van der Waals surface area contributed by atoms with Gasteiger partial charge < -0.3 is 4.74 Å². The highest BCUT2D eigenvalue weighted by Gasteiger charge is 2.17. The quantitative estimate of drug-likeness (QED) is 0.457. The van der Waals surface area contributed by atoms with Crippen molar-refractivity contribution in [3.05, 3.63) is 33.4 Å². The molecule has 0 radical (unpaired) electrons. The number of halogens is 1. The fraction of sp³-hybridized carbons (Fsp3) is 0.500. The lowest BCUT2D eigenvalue weighted by molar-refractivity contribution is -0.385. The SMILES string of the molecule is Cc1cc(C)c([N+](=O)[O-])cc1OCC(C)CS(=O)(=O)Cl. The lowest BCUT2D eigenvalue weighted by Crippen LogP contribution is -2.16. The summed E-state index contributed by atoms with van der Waals surface area (Å²) in [6.07, 6.45) is 0. The molecule has 0 saturated heterocycles. The third kappa shape index (κ3) is 4.97. The minimum Gasteiger partial charge on any atom is -0.493 e. The molecule has 1 unspecified atom stereocenters. The first-order valence-corrected chi connectivity index (χ1v) is 8.38. The van der Waals surface area contributed by atoms with Crippen molar-refractivity contribution in [2.45, 2.75) is 20.8 Å². The molecule has 0 aromatic heterocycles. The Morgan fingerprint density at radius 3 is 2.45 bits per heavy atom. The molecule has 0 N–H and O–H groups in total. The maximum atomic E-state index is 10.9. The fourth-order valence-electron chi connectivity index (χ4n) is 1.79. The molecule has 0 amide bonds. The molecular formula is C12H16ClNO5S. The van der Waals surface area contributed by atoms with Gasteiger partial charge in [0.05, 0.1) is 23.3 Å². The molecule has 20 heavy (non-hydrogen) atoms. The Kier molecular flexibility index (Phi) is 5.35. The van der Waals surface area contributed by atoms with Crippen molar-refractivity contribution in [3.63, 3.8) is 0 Å². The molecule has 0 heterocycles. The third-order valence-corrected chi connectivity index (χ3v) is 4.04. The van der Waals surface area contributed by atoms with Crippen LogP contribution in [0.1, 0.15) is 18.1 Å². The maximum Gasteiger partial charge on any atom is 0.276 e. The Morgan fingerprint density at radius 2 is 1.95 bits per heavy atom. The molecule has 112 valence electrons. The van der Waals surface area contributed by atoms with Gasteiger partial charge in [-0.3, -0.25) is 10.1 Å². The highest BCUT2D eigenvalue weighted by molar-refractivity contribution is 8.13. The molecule has 1 atom stereocenters. The first kappa shape index (κ1) is 16.7. The van der Waals surface area contributed by atoms with E-state index in [2.05, 4.69) is 0 Å². The van der Waals surface area contributed by atoms with Gasteiger partial charge in [-0.05, 0) is 25.5 Å². The number of hydrogen-bond donors (Lipinski definition) is 0. The topological polar surface area (TPSA) is 86.5 Å². The summed E-state index contributed by atoms with van der Waals surface area (Å²) in [7, 11) is 1.57. The van der Waals surface area contributed by atoms with Crippen LogP contribution < -0.4 is 4.74 Å². The predicted octanol–water partition coefficient (Wildman–Crippen LogP) is 2.80. The Labute approximate surface area is 122 Å². The summed E-state index contributed by atoms with van der Waals surface area (Å²) >= 11 is 0. The molecule has 0 aliphatic carbocycles. The zero-order valence-electron chi connectivity index (χ0n) is 11.4. The van der Waals surface area contributed by atoms with E-state index in [1.54, 1.807) is 26.8 Å². The molecule has 0 bridgehead atoms. The van der Waals surface area contributed by atoms with Crippen molar-refractivity contribution < 1.29 is 18.1 Å². The number of hydrogen-bond acceptors (Lipinski definition) is 5. The summed E-state index contributed by atoms with van der Waals surface area (Å²) in [4.78, 5) is 10.4. The monoisotopic (exact) mass is 321 g/mol. The molecule has 0 spiro atoms. The van der Waals surface area contributed by atoms with Gasteiger partial charge in [-0.2, -0.15) is 0 Å². The zero-order valence-corrected chi connectivity index (χ0v) is 13.0. The zero-order chi connectivity index (χ0) is 15.5. The van der Waals surface area contributed by atoms with E-state index < -0.39 is 14.0 Å². The van der Waals surface area contributed by atoms with E-state index in [0.29, 0.717) is 11.3 Å². The van der Waals surface area contributed by atoms with Gasteiger partial charge in [-0.25, -0.2) is 8.42 Å². The second-order valence-electron chi connectivity index (χ2n) is 4.78. The summed E-state index contributed by atoms with van der Waals surface area (Å²) in [5.74, 6) is -0.139. The third-order valence-electron chi connectivity index (χ3n) is 2.70. The molecule has 0 fully saturated rings. The number of nitro groups is 1. The van der Waals surface area contributed by atoms with Crippen molar-refractivity contribution in [3.8, 4) is 5.75 Å². The summed E-state index contributed by atoms with van der Waals surface area (Å²) in [5, 5.41) is 10.9. The molecule has 0 saturated carbocycles. The van der Waals surface area contributed by atoms with Gasteiger partial charge in [-0.1, -0.05) is 6.92 Å². The minimum atomic E-state index is -3.58. The molecule has 8 heteroatoms. The molecule has 1 rings (SSSR count). The summed E-state index contributed by atoms with van der Waals surface area (Å²) in [5.41, 5.74) is 1.29. The van der Waals surface area contributed by atoms with Gasteiger partial charge in [0.25, 0.3) is 5.69 Å². The Hall–Kier alpha value is -1.34. The van der Waals surface area contributed by atoms with Gasteiger partial charge in [0.2, 0.25) is 9.05 Å². The Morgan fingerprint density at radius 1 is 1.35 bits per heavy atom. The number of nitrogens with zero attached hydrogens (tertiary/aromatic N) is 1. The molecule has 0 aliphatic heterocycles. The van der Waals surface area contributed by atoms with Crippen LogP contribution in [0.5, 0.6) is 5.75 Å². The van der Waals surface area contributed by atoms with Crippen molar-refractivity contribution >= 4 is 25.4 Å². The number of ether oxygens (including phenoxy) is 1. The predicted molar refractivity (Wildman–Crippen MR) is 76.9 cm³/mol. The van der Waals surface area contributed by atoms with Crippen LogP contribution in [0.4, 0.5) is 5.69 Å². The standard InChI is InChI=1S/C12H16ClNO5S/c1-8(7-20(13,17)18)6-19-12-5-11(14(15)16)9(2)4-10(12)3/h4-5,8H,6-7H2,1-3H3. The lowest BCUT2D eigenvalue weighted by atomic mass is 10.1. The number of nitro benzene ring substituents is 1. The average molecular weight is 322 g/mol. The van der Waals surface area contributed by atoms with Gasteiger partial charge in [0.1, 0.15) is 5.75 Å². The van der Waals surface area contributed by atoms with E-state index in [0.717, 1.165) is 5.56 Å². The molecule has 1 aromatic carbocycles. The van der Waals surface area contributed by atoms with Crippen molar-refractivity contribution in [1.29, 1.82) is 0 Å². The van der Waals surface area contributed by atoms with Crippen LogP contribution in [0.15, 0.2) is 12.1 Å². The summed E-state index contributed by atoms with van der Waals surface area (Å²) < 4.78 is 27.3. The van der Waals surface area contributed by atoms with E-state index in [1.807, 2.05) is 0 Å². The van der Waals surface area contributed by atoms with Gasteiger partial charge in [-0.15, -0.1) is 0 Å². The second-order valence-corrected chi connectivity index (χ2v) is 7.60. The minimum absolute atomic E-state index is 0.0248. The summed E-state index contributed by atoms with van der Waals surface area (Å²) in [6, 6.07) is 3.02. The number of benzene rings is 1. The van der Waals surface area contributed by atoms with Gasteiger partial charge >= 0.3 is 0 Å². The van der Waals surface area contributed by atoms with Crippen molar-refractivity contribution in [2.75, 3.05) is 12.4 Å². The van der Waals surface area contributed by atoms with Gasteiger partial charge in [0, 0.05) is 22.2 Å². The maximum absolute atomic E-state index is 10.9. The van der Waals surface area contributed by atoms with Crippen LogP contribution in [-0.2, 0) is 9.05 Å². The first-order valence-electron chi connectivity index (χ1n) is 5.91. The van der Waals surface area contributed by atoms with E-state index in [9.17, 15) is 18.5 Å². The van der Waals surface area contributed by atoms with Crippen molar-refractivity contribution in [1.82, 2.24) is 0 Å². The van der Waals surface area contributed by atoms with Crippen LogP contribution in [0.2, 0.25) is 0 Å². The van der Waals surface area contributed by atoms with Crippen LogP contribution in [0, 0.1) is 29.9 Å². The Balaban J connectivity index is 2.83. The largest absolute Gasteiger partial charge is 0.493 e. The highest BCUT2D eigenvalue weighted by Crippen LogP contribution is 2.28. The Bertz CT molecular complexity index is 615. The normalized spacial score (nSPS) is 13.0. The smallest absolute Gasteiger partial charge is 0.276 e. The van der Waals surface area contributed by atoms with E-state index in [4.69, 9.17) is 15.4 Å². The van der Waals surface area contributed by atoms with E-state index in [-0.39, 0.29) is 24.0 Å². The first-order chi connectivity index (χ1) is 9.10. The molecule has 1 aromatic rings. The molecular weight excluding hydrogens is 306 g/mol. The fourth-order valence-corrected chi connectivity index (χ4v) is 3.22. The van der Waals surface area contributed by atoms with Crippen LogP contribution >= 0.6 is 10.7 Å². The number of rotatable bonds is 6. The highest BCUT2D eigenvalue weighted by atomic mass is 35.7. The molecule has 6 nitrogen and oxygen atoms in total. The van der Waals surface area contributed by atoms with Gasteiger partial charge in [0.15, 0.2) is 0 Å².